The van der Waals surface area contributed by atoms with Crippen molar-refractivity contribution in [2.75, 3.05) is 7.11 Å². The van der Waals surface area contributed by atoms with E-state index >= 15 is 0 Å². The number of carbonyl (C=O) groups excluding carboxylic acids is 1. The van der Waals surface area contributed by atoms with E-state index in [1.807, 2.05) is 0 Å². The van der Waals surface area contributed by atoms with E-state index in [4.69, 9.17) is 33.7 Å². The van der Waals surface area contributed by atoms with Crippen LogP contribution in [0.1, 0.15) is 12.0 Å². The van der Waals surface area contributed by atoms with Gasteiger partial charge in [0.05, 0.1) is 29.9 Å². The van der Waals surface area contributed by atoms with Crippen LogP contribution in [0.15, 0.2) is 18.2 Å². The molecule has 144 valence electrons. The molecule has 2 aliphatic carbocycles. The zero-order valence-electron chi connectivity index (χ0n) is 13.6. The highest BCUT2D eigenvalue weighted by molar-refractivity contribution is 6.42. The molecule has 0 radical (unpaired) electrons. The molecule has 26 heavy (non-hydrogen) atoms. The third kappa shape index (κ3) is 2.96. The van der Waals surface area contributed by atoms with E-state index in [-0.39, 0.29) is 25.4 Å². The van der Waals surface area contributed by atoms with Crippen LogP contribution in [0.2, 0.25) is 10.0 Å². The smallest absolute Gasteiger partial charge is 0.344 e. The molecule has 3 rings (SSSR count). The van der Waals surface area contributed by atoms with Gasteiger partial charge in [-0.15, -0.1) is 12.4 Å². The van der Waals surface area contributed by atoms with Crippen molar-refractivity contribution in [2.45, 2.75) is 30.3 Å². The Balaban J connectivity index is 0.00000243. The Kier molecular flexibility index (Phi) is 5.81. The van der Waals surface area contributed by atoms with Gasteiger partial charge in [-0.1, -0.05) is 29.3 Å². The van der Waals surface area contributed by atoms with Crippen LogP contribution in [0.4, 0.5) is 4.39 Å². The number of aliphatic carboxylic acids is 1. The molecule has 10 heteroatoms. The number of carbonyl (C=O) groups is 2. The number of fused-ring (bicyclic) bond motifs is 1. The molecule has 0 saturated heterocycles. The number of carboxylic acids is 1. The Morgan fingerprint density at radius 2 is 2.04 bits per heavy atom. The topological polar surface area (TPSA) is 98.9 Å². The third-order valence-electron chi connectivity index (χ3n) is 5.10. The fourth-order valence-electron chi connectivity index (χ4n) is 3.78. The van der Waals surface area contributed by atoms with Gasteiger partial charge in [-0.25, -0.2) is 9.18 Å². The second kappa shape index (κ2) is 7.13. The van der Waals surface area contributed by atoms with Crippen LogP contribution < -0.4 is 5.73 Å². The van der Waals surface area contributed by atoms with Crippen LogP contribution in [-0.4, -0.2) is 41.5 Å². The van der Waals surface area contributed by atoms with E-state index < -0.39 is 41.1 Å². The molecule has 0 amide bonds. The van der Waals surface area contributed by atoms with Gasteiger partial charge in [0.1, 0.15) is 5.54 Å². The van der Waals surface area contributed by atoms with Gasteiger partial charge in [0.2, 0.25) is 5.67 Å². The summed E-state index contributed by atoms with van der Waals surface area (Å²) in [6.45, 7) is 0.0325. The Bertz CT molecular complexity index is 751. The highest BCUT2D eigenvalue weighted by Crippen LogP contribution is 2.67. The zero-order valence-corrected chi connectivity index (χ0v) is 15.9. The van der Waals surface area contributed by atoms with Crippen LogP contribution in [0, 0.1) is 11.8 Å². The number of hydrogen-bond donors (Lipinski definition) is 2. The number of alkyl halides is 1. The first-order valence-corrected chi connectivity index (χ1v) is 8.28. The number of rotatable bonds is 5. The SMILES string of the molecule is COC(=O)[C@@]1(F)[C@@H]2C[C@@H](OCc3ccc(Cl)c(Cl)c3)[C@@](N)(C(=O)O)[C@@H]21.Cl. The van der Waals surface area contributed by atoms with Gasteiger partial charge in [0.15, 0.2) is 0 Å². The van der Waals surface area contributed by atoms with Gasteiger partial charge in [0, 0.05) is 11.8 Å². The summed E-state index contributed by atoms with van der Waals surface area (Å²) in [4.78, 5) is 23.4. The fraction of sp³-hybridized carbons (Fsp3) is 0.500. The molecule has 3 N–H and O–H groups in total. The molecule has 0 aromatic heterocycles. The first kappa shape index (κ1) is 21.2. The lowest BCUT2D eigenvalue weighted by Crippen LogP contribution is -2.60. The van der Waals surface area contributed by atoms with Crippen LogP contribution >= 0.6 is 35.6 Å². The maximum absolute atomic E-state index is 14.8. The molecule has 5 atom stereocenters. The second-order valence-corrected chi connectivity index (χ2v) is 7.18. The summed E-state index contributed by atoms with van der Waals surface area (Å²) in [5.74, 6) is -4.52. The van der Waals surface area contributed by atoms with Gasteiger partial charge in [-0.05, 0) is 24.1 Å². The van der Waals surface area contributed by atoms with Gasteiger partial charge >= 0.3 is 11.9 Å². The largest absolute Gasteiger partial charge is 0.480 e. The maximum atomic E-state index is 14.8. The minimum absolute atomic E-state index is 0. The van der Waals surface area contributed by atoms with Crippen molar-refractivity contribution in [3.05, 3.63) is 33.8 Å². The molecule has 0 aliphatic heterocycles. The van der Waals surface area contributed by atoms with Crippen molar-refractivity contribution in [3.8, 4) is 0 Å². The highest BCUT2D eigenvalue weighted by atomic mass is 35.5. The summed E-state index contributed by atoms with van der Waals surface area (Å²) in [6, 6.07) is 4.86. The van der Waals surface area contributed by atoms with Crippen molar-refractivity contribution < 1.29 is 28.6 Å². The summed E-state index contributed by atoms with van der Waals surface area (Å²) in [7, 11) is 1.05. The van der Waals surface area contributed by atoms with E-state index in [9.17, 15) is 19.1 Å². The molecule has 1 aromatic carbocycles. The Morgan fingerprint density at radius 1 is 1.38 bits per heavy atom. The van der Waals surface area contributed by atoms with E-state index in [0.29, 0.717) is 15.6 Å². The van der Waals surface area contributed by atoms with E-state index in [1.165, 1.54) is 0 Å². The molecule has 0 spiro atoms. The molecule has 2 aliphatic rings. The normalized spacial score (nSPS) is 34.6. The molecule has 2 saturated carbocycles. The lowest BCUT2D eigenvalue weighted by atomic mass is 9.88. The number of benzene rings is 1. The van der Waals surface area contributed by atoms with Crippen molar-refractivity contribution in [1.82, 2.24) is 0 Å². The summed E-state index contributed by atoms with van der Waals surface area (Å²) in [5.41, 5.74) is 2.29. The molecule has 1 aromatic rings. The Labute approximate surface area is 165 Å². The standard InChI is InChI=1S/C16H16Cl2FNO5.ClH/c1-24-14(23)15(19)8-5-11(16(20,12(8)15)13(21)22)25-6-7-2-3-9(17)10(18)4-7;/h2-4,8,11-12H,5-6,20H2,1H3,(H,21,22);1H/t8-,11-,12+,15-,16+;/m1./s1. The quantitative estimate of drug-likeness (QED) is 0.700. The fourth-order valence-corrected chi connectivity index (χ4v) is 4.10. The lowest BCUT2D eigenvalue weighted by Gasteiger charge is -2.32. The second-order valence-electron chi connectivity index (χ2n) is 6.37. The highest BCUT2D eigenvalue weighted by Gasteiger charge is 2.85. The Morgan fingerprint density at radius 3 is 2.58 bits per heavy atom. The molecule has 0 heterocycles. The predicted molar refractivity (Wildman–Crippen MR) is 94.3 cm³/mol. The molecule has 6 nitrogen and oxygen atoms in total. The van der Waals surface area contributed by atoms with Crippen LogP contribution in [-0.2, 0) is 25.7 Å². The van der Waals surface area contributed by atoms with Crippen molar-refractivity contribution in [3.63, 3.8) is 0 Å². The van der Waals surface area contributed by atoms with E-state index in [2.05, 4.69) is 4.74 Å². The Hall–Kier alpha value is -1.12. The summed E-state index contributed by atoms with van der Waals surface area (Å²) < 4.78 is 24.9. The molecule has 0 bridgehead atoms. The number of methoxy groups -OCH3 is 1. The number of esters is 1. The number of ether oxygens (including phenoxy) is 2. The van der Waals surface area contributed by atoms with E-state index in [0.717, 1.165) is 7.11 Å². The van der Waals surface area contributed by atoms with Gasteiger partial charge in [-0.3, -0.25) is 4.79 Å². The van der Waals surface area contributed by atoms with Crippen molar-refractivity contribution in [1.29, 1.82) is 0 Å². The van der Waals surface area contributed by atoms with Gasteiger partial charge in [-0.2, -0.15) is 0 Å². The number of hydrogen-bond acceptors (Lipinski definition) is 5. The first-order valence-electron chi connectivity index (χ1n) is 7.52. The monoisotopic (exact) mass is 427 g/mol. The predicted octanol–water partition coefficient (Wildman–Crippen LogP) is 2.61. The van der Waals surface area contributed by atoms with Gasteiger partial charge < -0.3 is 20.3 Å². The summed E-state index contributed by atoms with van der Waals surface area (Å²) in [5, 5.41) is 10.3. The molecular weight excluding hydrogens is 412 g/mol. The van der Waals surface area contributed by atoms with Crippen LogP contribution in [0.3, 0.4) is 0 Å². The van der Waals surface area contributed by atoms with Crippen LogP contribution in [0.25, 0.3) is 0 Å². The van der Waals surface area contributed by atoms with E-state index in [1.54, 1.807) is 18.2 Å². The average Bonchev–Trinajstić information content (AvgIpc) is 3.04. The van der Waals surface area contributed by atoms with Crippen molar-refractivity contribution >= 4 is 47.5 Å². The third-order valence-corrected chi connectivity index (χ3v) is 5.84. The van der Waals surface area contributed by atoms with Crippen molar-refractivity contribution in [2.24, 2.45) is 17.6 Å². The number of halogens is 4. The van der Waals surface area contributed by atoms with Crippen LogP contribution in [0.5, 0.6) is 0 Å². The maximum Gasteiger partial charge on any atom is 0.344 e. The molecular formula is C16H17Cl3FNO5. The zero-order chi connectivity index (χ0) is 18.6. The average molecular weight is 429 g/mol. The summed E-state index contributed by atoms with van der Waals surface area (Å²) in [6.07, 6.45) is -0.927. The minimum atomic E-state index is -2.37. The lowest BCUT2D eigenvalue weighted by molar-refractivity contribution is -0.158. The van der Waals surface area contributed by atoms with Gasteiger partial charge in [0.25, 0.3) is 0 Å². The summed E-state index contributed by atoms with van der Waals surface area (Å²) >= 11 is 11.8. The molecule has 0 unspecified atom stereocenters. The first-order chi connectivity index (χ1) is 11.7. The number of nitrogens with two attached hydrogens (primary N) is 1. The number of carboxylic acid groups (broad SMARTS) is 1. The minimum Gasteiger partial charge on any atom is -0.480 e. The molecule has 2 fully saturated rings.